The number of hydrogen-bond acceptors (Lipinski definition) is 3. The number of hydrogen-bond donors (Lipinski definition) is 1. The normalized spacial score (nSPS) is 14.9. The molecule has 0 atom stereocenters. The van der Waals surface area contributed by atoms with Crippen LogP contribution in [0.5, 0.6) is 0 Å². The molecular weight excluding hydrogens is 448 g/mol. The second kappa shape index (κ2) is 11.2. The topological polar surface area (TPSA) is 58.6 Å². The molecule has 1 heterocycles. The van der Waals surface area contributed by atoms with Gasteiger partial charge in [-0.25, -0.2) is 4.79 Å². The lowest BCUT2D eigenvalue weighted by Gasteiger charge is -2.41. The summed E-state index contributed by atoms with van der Waals surface area (Å²) in [4.78, 5) is 27.4. The Hall–Kier alpha value is -3.31. The number of piperidine rings is 1. The molecule has 0 aromatic heterocycles. The van der Waals surface area contributed by atoms with Crippen molar-refractivity contribution in [1.82, 2.24) is 10.2 Å². The third-order valence-corrected chi connectivity index (χ3v) is 6.87. The summed E-state index contributed by atoms with van der Waals surface area (Å²) in [7, 11) is 0. The van der Waals surface area contributed by atoms with Gasteiger partial charge in [-0.15, -0.1) is 0 Å². The van der Waals surface area contributed by atoms with Crippen molar-refractivity contribution < 1.29 is 14.3 Å². The molecule has 0 bridgehead atoms. The summed E-state index contributed by atoms with van der Waals surface area (Å²) in [5, 5.41) is 3.67. The summed E-state index contributed by atoms with van der Waals surface area (Å²) >= 11 is 6.23. The highest BCUT2D eigenvalue weighted by molar-refractivity contribution is 6.31. The number of nitrogens with one attached hydrogen (secondary N) is 1. The lowest BCUT2D eigenvalue weighted by Crippen LogP contribution is -2.47. The first-order valence-electron chi connectivity index (χ1n) is 11.6. The van der Waals surface area contributed by atoms with Crippen molar-refractivity contribution in [2.24, 2.45) is 0 Å². The van der Waals surface area contributed by atoms with Crippen LogP contribution in [0, 0.1) is 0 Å². The number of halogens is 1. The van der Waals surface area contributed by atoms with Gasteiger partial charge in [0.05, 0.1) is 0 Å². The van der Waals surface area contributed by atoms with Crippen molar-refractivity contribution in [2.75, 3.05) is 13.1 Å². The number of carbonyl (C=O) groups is 2. The van der Waals surface area contributed by atoms with E-state index >= 15 is 0 Å². The number of carbonyl (C=O) groups excluding carboxylic acids is 2. The van der Waals surface area contributed by atoms with Gasteiger partial charge < -0.3 is 15.0 Å². The Kier molecular flexibility index (Phi) is 7.86. The smallest absolute Gasteiger partial charge is 0.410 e. The third kappa shape index (κ3) is 5.97. The molecule has 0 spiro atoms. The van der Waals surface area contributed by atoms with E-state index in [1.807, 2.05) is 72.8 Å². The van der Waals surface area contributed by atoms with Crippen LogP contribution in [0.1, 0.15) is 36.0 Å². The highest BCUT2D eigenvalue weighted by atomic mass is 35.5. The second-order valence-corrected chi connectivity index (χ2v) is 9.13. The minimum Gasteiger partial charge on any atom is -0.445 e. The summed E-state index contributed by atoms with van der Waals surface area (Å²) in [6.45, 7) is 1.73. The Labute approximate surface area is 205 Å². The van der Waals surface area contributed by atoms with E-state index in [1.54, 1.807) is 4.90 Å². The molecule has 2 amide bonds. The van der Waals surface area contributed by atoms with E-state index in [1.165, 1.54) is 0 Å². The van der Waals surface area contributed by atoms with Gasteiger partial charge in [0.1, 0.15) is 6.61 Å². The van der Waals surface area contributed by atoms with Gasteiger partial charge in [-0.05, 0) is 35.6 Å². The molecule has 4 rings (SSSR count). The standard InChI is InChI=1S/C28H29ClN2O3/c29-25-14-8-7-11-23(25)20-30-26(32)19-28(24-12-5-2-6-13-24)15-17-31(18-16-28)27(33)34-21-22-9-3-1-4-10-22/h1-14H,15-21H2,(H,30,32). The van der Waals surface area contributed by atoms with Gasteiger partial charge in [0.25, 0.3) is 0 Å². The molecule has 0 radical (unpaired) electrons. The predicted octanol–water partition coefficient (Wildman–Crippen LogP) is 5.72. The first-order chi connectivity index (χ1) is 16.6. The van der Waals surface area contributed by atoms with Gasteiger partial charge >= 0.3 is 6.09 Å². The van der Waals surface area contributed by atoms with Gasteiger partial charge in [-0.2, -0.15) is 0 Å². The van der Waals surface area contributed by atoms with Crippen LogP contribution < -0.4 is 5.32 Å². The van der Waals surface area contributed by atoms with Crippen LogP contribution in [0.25, 0.3) is 0 Å². The lowest BCUT2D eigenvalue weighted by molar-refractivity contribution is -0.123. The third-order valence-electron chi connectivity index (χ3n) is 6.50. The van der Waals surface area contributed by atoms with Crippen molar-refractivity contribution in [3.8, 4) is 0 Å². The highest BCUT2D eigenvalue weighted by Crippen LogP contribution is 2.39. The minimum absolute atomic E-state index is 0.0242. The van der Waals surface area contributed by atoms with Crippen LogP contribution >= 0.6 is 11.6 Å². The number of benzene rings is 3. The Balaban J connectivity index is 1.38. The zero-order valence-electron chi connectivity index (χ0n) is 19.1. The molecule has 1 aliphatic rings. The molecule has 0 saturated carbocycles. The number of rotatable bonds is 7. The SMILES string of the molecule is O=C(CC1(c2ccccc2)CCN(C(=O)OCc2ccccc2)CC1)NCc1ccccc1Cl. The van der Waals surface area contributed by atoms with Crippen LogP contribution in [0.4, 0.5) is 4.79 Å². The van der Waals surface area contributed by atoms with Crippen molar-refractivity contribution in [3.63, 3.8) is 0 Å². The average Bonchev–Trinajstić information content (AvgIpc) is 2.88. The fourth-order valence-corrected chi connectivity index (χ4v) is 4.70. The number of likely N-dealkylation sites (tertiary alicyclic amines) is 1. The average molecular weight is 477 g/mol. The lowest BCUT2D eigenvalue weighted by atomic mass is 9.70. The number of amides is 2. The van der Waals surface area contributed by atoms with Crippen LogP contribution in [0.15, 0.2) is 84.9 Å². The molecule has 176 valence electrons. The van der Waals surface area contributed by atoms with Crippen LogP contribution in [-0.4, -0.2) is 30.0 Å². The predicted molar refractivity (Wildman–Crippen MR) is 133 cm³/mol. The van der Waals surface area contributed by atoms with E-state index in [4.69, 9.17) is 16.3 Å². The molecule has 1 fully saturated rings. The maximum atomic E-state index is 13.0. The molecule has 34 heavy (non-hydrogen) atoms. The fourth-order valence-electron chi connectivity index (χ4n) is 4.49. The summed E-state index contributed by atoms with van der Waals surface area (Å²) in [6.07, 6.45) is 1.43. The van der Waals surface area contributed by atoms with Crippen LogP contribution in [-0.2, 0) is 28.1 Å². The van der Waals surface area contributed by atoms with Crippen LogP contribution in [0.2, 0.25) is 5.02 Å². The summed E-state index contributed by atoms with van der Waals surface area (Å²) in [5.41, 5.74) is 2.64. The van der Waals surface area contributed by atoms with E-state index < -0.39 is 0 Å². The fraction of sp³-hybridized carbons (Fsp3) is 0.286. The maximum Gasteiger partial charge on any atom is 0.410 e. The molecule has 6 heteroatoms. The van der Waals surface area contributed by atoms with Crippen LogP contribution in [0.3, 0.4) is 0 Å². The van der Waals surface area contributed by atoms with E-state index in [2.05, 4.69) is 17.4 Å². The summed E-state index contributed by atoms with van der Waals surface area (Å²) in [6, 6.07) is 27.3. The summed E-state index contributed by atoms with van der Waals surface area (Å²) < 4.78 is 5.52. The van der Waals surface area contributed by atoms with Gasteiger partial charge in [0.15, 0.2) is 0 Å². The first-order valence-corrected chi connectivity index (χ1v) is 11.9. The Morgan fingerprint density at radius 2 is 1.50 bits per heavy atom. The molecule has 0 unspecified atom stereocenters. The zero-order chi connectivity index (χ0) is 23.8. The van der Waals surface area contributed by atoms with Crippen molar-refractivity contribution >= 4 is 23.6 Å². The zero-order valence-corrected chi connectivity index (χ0v) is 19.8. The molecule has 1 saturated heterocycles. The Morgan fingerprint density at radius 1 is 0.882 bits per heavy atom. The van der Waals surface area contributed by atoms with E-state index in [-0.39, 0.29) is 24.0 Å². The van der Waals surface area contributed by atoms with Crippen molar-refractivity contribution in [1.29, 1.82) is 0 Å². The summed E-state index contributed by atoms with van der Waals surface area (Å²) in [5.74, 6) is -0.0242. The second-order valence-electron chi connectivity index (χ2n) is 8.72. The number of ether oxygens (including phenoxy) is 1. The van der Waals surface area contributed by atoms with Gasteiger partial charge in [-0.3, -0.25) is 4.79 Å². The highest BCUT2D eigenvalue weighted by Gasteiger charge is 2.39. The number of nitrogens with zero attached hydrogens (tertiary/aromatic N) is 1. The van der Waals surface area contributed by atoms with Crippen molar-refractivity contribution in [3.05, 3.63) is 107 Å². The quantitative estimate of drug-likeness (QED) is 0.474. The molecular formula is C28H29ClN2O3. The molecule has 0 aliphatic carbocycles. The molecule has 1 N–H and O–H groups in total. The van der Waals surface area contributed by atoms with E-state index in [0.29, 0.717) is 43.9 Å². The van der Waals surface area contributed by atoms with E-state index in [0.717, 1.165) is 16.7 Å². The molecule has 1 aliphatic heterocycles. The monoisotopic (exact) mass is 476 g/mol. The largest absolute Gasteiger partial charge is 0.445 e. The maximum absolute atomic E-state index is 13.0. The first kappa shape index (κ1) is 23.8. The van der Waals surface area contributed by atoms with Crippen molar-refractivity contribution in [2.45, 2.75) is 37.8 Å². The molecule has 5 nitrogen and oxygen atoms in total. The Bertz CT molecular complexity index is 1100. The molecule has 3 aromatic carbocycles. The van der Waals surface area contributed by atoms with E-state index in [9.17, 15) is 9.59 Å². The Morgan fingerprint density at radius 3 is 2.18 bits per heavy atom. The molecule has 3 aromatic rings. The van der Waals surface area contributed by atoms with Gasteiger partial charge in [0.2, 0.25) is 5.91 Å². The minimum atomic E-state index is -0.331. The van der Waals surface area contributed by atoms with Gasteiger partial charge in [-0.1, -0.05) is 90.5 Å². The van der Waals surface area contributed by atoms with Gasteiger partial charge in [0, 0.05) is 36.5 Å².